The second-order valence-corrected chi connectivity index (χ2v) is 4.51. The molecule has 0 aliphatic carbocycles. The third-order valence-electron chi connectivity index (χ3n) is 2.78. The van der Waals surface area contributed by atoms with Gasteiger partial charge < -0.3 is 10.5 Å². The lowest BCUT2D eigenvalue weighted by Crippen LogP contribution is -1.99. The fourth-order valence-corrected chi connectivity index (χ4v) is 1.81. The molecule has 0 spiro atoms. The highest BCUT2D eigenvalue weighted by atomic mass is 35.5. The molecule has 2 N–H and O–H groups in total. The first-order chi connectivity index (χ1) is 8.52. The minimum absolute atomic E-state index is 0.427. The van der Waals surface area contributed by atoms with Crippen LogP contribution in [-0.2, 0) is 0 Å². The summed E-state index contributed by atoms with van der Waals surface area (Å²) >= 11 is 6.14. The average molecular weight is 264 g/mol. The lowest BCUT2D eigenvalue weighted by molar-refractivity contribution is 0.416. The zero-order chi connectivity index (χ0) is 13.3. The number of anilines is 1. The van der Waals surface area contributed by atoms with Crippen LogP contribution in [0.5, 0.6) is 5.75 Å². The normalized spacial score (nSPS) is 10.4. The van der Waals surface area contributed by atoms with E-state index in [1.807, 2.05) is 32.0 Å². The van der Waals surface area contributed by atoms with Gasteiger partial charge in [0.15, 0.2) is 0 Å². The van der Waals surface area contributed by atoms with Crippen molar-refractivity contribution in [1.29, 1.82) is 0 Å². The van der Waals surface area contributed by atoms with Crippen LogP contribution in [-0.4, -0.2) is 17.3 Å². The summed E-state index contributed by atoms with van der Waals surface area (Å²) < 4.78 is 5.35. The number of hydrogen-bond donors (Lipinski definition) is 1. The zero-order valence-corrected chi connectivity index (χ0v) is 11.2. The van der Waals surface area contributed by atoms with Crippen LogP contribution in [0.1, 0.15) is 11.1 Å². The highest BCUT2D eigenvalue weighted by molar-refractivity contribution is 6.31. The average Bonchev–Trinajstić information content (AvgIpc) is 2.35. The van der Waals surface area contributed by atoms with Gasteiger partial charge in [-0.15, -0.1) is 10.2 Å². The lowest BCUT2D eigenvalue weighted by Gasteiger charge is -2.11. The Kier molecular flexibility index (Phi) is 3.39. The monoisotopic (exact) mass is 263 g/mol. The van der Waals surface area contributed by atoms with Crippen molar-refractivity contribution in [2.45, 2.75) is 13.8 Å². The summed E-state index contributed by atoms with van der Waals surface area (Å²) in [7, 11) is 1.61. The maximum Gasteiger partial charge on any atom is 0.149 e. The van der Waals surface area contributed by atoms with Crippen molar-refractivity contribution < 1.29 is 4.74 Å². The van der Waals surface area contributed by atoms with Gasteiger partial charge in [0, 0.05) is 10.6 Å². The molecule has 0 amide bonds. The van der Waals surface area contributed by atoms with Gasteiger partial charge in [0.2, 0.25) is 0 Å². The number of aryl methyl sites for hydroxylation is 2. The molecule has 94 valence electrons. The minimum atomic E-state index is 0.427. The van der Waals surface area contributed by atoms with Crippen LogP contribution in [0.4, 0.5) is 5.82 Å². The molecule has 0 atom stereocenters. The van der Waals surface area contributed by atoms with Crippen molar-refractivity contribution in [3.8, 4) is 17.0 Å². The van der Waals surface area contributed by atoms with Gasteiger partial charge in [0.25, 0.3) is 0 Å². The van der Waals surface area contributed by atoms with Crippen molar-refractivity contribution >= 4 is 17.4 Å². The van der Waals surface area contributed by atoms with Crippen LogP contribution in [0.15, 0.2) is 18.2 Å². The summed E-state index contributed by atoms with van der Waals surface area (Å²) in [6, 6.07) is 5.58. The first-order valence-corrected chi connectivity index (χ1v) is 5.85. The van der Waals surface area contributed by atoms with Gasteiger partial charge >= 0.3 is 0 Å². The zero-order valence-electron chi connectivity index (χ0n) is 10.5. The maximum absolute atomic E-state index is 6.14. The molecule has 18 heavy (non-hydrogen) atoms. The van der Waals surface area contributed by atoms with Gasteiger partial charge in [-0.25, -0.2) is 0 Å². The highest BCUT2D eigenvalue weighted by Crippen LogP contribution is 2.33. The van der Waals surface area contributed by atoms with Crippen molar-refractivity contribution in [1.82, 2.24) is 10.2 Å². The lowest BCUT2D eigenvalue weighted by atomic mass is 10.1. The van der Waals surface area contributed by atoms with Crippen LogP contribution in [0, 0.1) is 13.8 Å². The molecule has 0 aliphatic rings. The molecular weight excluding hydrogens is 250 g/mol. The minimum Gasteiger partial charge on any atom is -0.496 e. The van der Waals surface area contributed by atoms with Gasteiger partial charge in [-0.2, -0.15) is 0 Å². The Hall–Kier alpha value is -1.81. The maximum atomic E-state index is 6.14. The highest BCUT2D eigenvalue weighted by Gasteiger charge is 2.11. The van der Waals surface area contributed by atoms with Gasteiger partial charge in [-0.05, 0) is 43.2 Å². The van der Waals surface area contributed by atoms with E-state index < -0.39 is 0 Å². The molecule has 0 unspecified atom stereocenters. The first kappa shape index (κ1) is 12.6. The molecule has 2 rings (SSSR count). The van der Waals surface area contributed by atoms with Gasteiger partial charge in [-0.3, -0.25) is 0 Å². The summed E-state index contributed by atoms with van der Waals surface area (Å²) in [5.41, 5.74) is 8.99. The molecule has 2 aromatic rings. The van der Waals surface area contributed by atoms with Crippen molar-refractivity contribution in [2.24, 2.45) is 0 Å². The molecule has 1 heterocycles. The van der Waals surface area contributed by atoms with Crippen molar-refractivity contribution in [3.63, 3.8) is 0 Å². The van der Waals surface area contributed by atoms with E-state index in [-0.39, 0.29) is 0 Å². The fourth-order valence-electron chi connectivity index (χ4n) is 1.65. The largest absolute Gasteiger partial charge is 0.496 e. The van der Waals surface area contributed by atoms with E-state index in [2.05, 4.69) is 10.2 Å². The molecule has 1 aromatic carbocycles. The summed E-state index contributed by atoms with van der Waals surface area (Å²) in [5, 5.41) is 8.66. The summed E-state index contributed by atoms with van der Waals surface area (Å²) in [4.78, 5) is 0. The number of nitrogens with zero attached hydrogens (tertiary/aromatic N) is 2. The van der Waals surface area contributed by atoms with E-state index >= 15 is 0 Å². The molecule has 0 saturated heterocycles. The summed E-state index contributed by atoms with van der Waals surface area (Å²) in [6.07, 6.45) is 0. The molecular formula is C13H14ClN3O. The van der Waals surface area contributed by atoms with E-state index in [1.165, 1.54) is 0 Å². The molecule has 4 nitrogen and oxygen atoms in total. The topological polar surface area (TPSA) is 61.0 Å². The quantitative estimate of drug-likeness (QED) is 0.905. The Morgan fingerprint density at radius 1 is 1.11 bits per heavy atom. The standard InChI is InChI=1S/C13H14ClN3O/c1-7-5-12(18-3)9(6-10(7)14)11-4-8(2)13(15)17-16-11/h4-6H,1-3H3,(H2,15,17). The molecule has 5 heteroatoms. The van der Waals surface area contributed by atoms with Crippen LogP contribution >= 0.6 is 11.6 Å². The Morgan fingerprint density at radius 3 is 2.44 bits per heavy atom. The predicted octanol–water partition coefficient (Wildman–Crippen LogP) is 3.00. The Morgan fingerprint density at radius 2 is 1.83 bits per heavy atom. The smallest absolute Gasteiger partial charge is 0.149 e. The van der Waals surface area contributed by atoms with E-state index in [1.54, 1.807) is 7.11 Å². The van der Waals surface area contributed by atoms with Crippen molar-refractivity contribution in [2.75, 3.05) is 12.8 Å². The summed E-state index contributed by atoms with van der Waals surface area (Å²) in [5.74, 6) is 1.14. The Labute approximate surface area is 111 Å². The number of aromatic nitrogens is 2. The van der Waals surface area contributed by atoms with E-state index in [4.69, 9.17) is 22.1 Å². The fraction of sp³-hybridized carbons (Fsp3) is 0.231. The van der Waals surface area contributed by atoms with Crippen LogP contribution < -0.4 is 10.5 Å². The number of benzene rings is 1. The molecule has 0 fully saturated rings. The van der Waals surface area contributed by atoms with Gasteiger partial charge in [0.1, 0.15) is 11.6 Å². The predicted molar refractivity (Wildman–Crippen MR) is 72.9 cm³/mol. The molecule has 0 radical (unpaired) electrons. The SMILES string of the molecule is COc1cc(C)c(Cl)cc1-c1cc(C)c(N)nn1. The Bertz CT molecular complexity index is 599. The second-order valence-electron chi connectivity index (χ2n) is 4.10. The third-order valence-corrected chi connectivity index (χ3v) is 3.19. The number of methoxy groups -OCH3 is 1. The number of rotatable bonds is 2. The molecule has 0 saturated carbocycles. The number of nitrogens with two attached hydrogens (primary N) is 1. The second kappa shape index (κ2) is 4.82. The molecule has 1 aromatic heterocycles. The van der Waals surface area contributed by atoms with Crippen LogP contribution in [0.3, 0.4) is 0 Å². The third kappa shape index (κ3) is 2.24. The van der Waals surface area contributed by atoms with Crippen LogP contribution in [0.25, 0.3) is 11.3 Å². The van der Waals surface area contributed by atoms with Gasteiger partial charge in [-0.1, -0.05) is 11.6 Å². The first-order valence-electron chi connectivity index (χ1n) is 5.47. The van der Waals surface area contributed by atoms with E-state index in [9.17, 15) is 0 Å². The van der Waals surface area contributed by atoms with Crippen LogP contribution in [0.2, 0.25) is 5.02 Å². The number of nitrogen functional groups attached to an aromatic ring is 1. The van der Waals surface area contributed by atoms with E-state index in [0.717, 1.165) is 22.4 Å². The number of halogens is 1. The summed E-state index contributed by atoms with van der Waals surface area (Å²) in [6.45, 7) is 3.81. The van der Waals surface area contributed by atoms with Gasteiger partial charge in [0.05, 0.1) is 12.8 Å². The molecule has 0 aliphatic heterocycles. The Balaban J connectivity index is 2.62. The molecule has 0 bridgehead atoms. The van der Waals surface area contributed by atoms with E-state index in [0.29, 0.717) is 16.5 Å². The van der Waals surface area contributed by atoms with Crippen molar-refractivity contribution in [3.05, 3.63) is 34.3 Å². The number of ether oxygens (including phenoxy) is 1. The number of hydrogen-bond acceptors (Lipinski definition) is 4.